The van der Waals surface area contributed by atoms with Crippen LogP contribution in [0.15, 0.2) is 71.3 Å². The quantitative estimate of drug-likeness (QED) is 0.606. The first-order valence-electron chi connectivity index (χ1n) is 8.76. The van der Waals surface area contributed by atoms with Crippen molar-refractivity contribution >= 4 is 21.7 Å². The van der Waals surface area contributed by atoms with Gasteiger partial charge in [-0.05, 0) is 18.1 Å². The van der Waals surface area contributed by atoms with E-state index in [9.17, 15) is 13.2 Å². The summed E-state index contributed by atoms with van der Waals surface area (Å²) in [5, 5.41) is 6.32. The molecule has 0 aliphatic heterocycles. The number of nitrogens with one attached hydrogen (secondary N) is 2. The molecule has 1 heterocycles. The van der Waals surface area contributed by atoms with Gasteiger partial charge >= 0.3 is 0 Å². The lowest BCUT2D eigenvalue weighted by molar-refractivity contribution is -0.121. The second-order valence-electron chi connectivity index (χ2n) is 6.29. The predicted octanol–water partition coefficient (Wildman–Crippen LogP) is 2.67. The molecule has 0 saturated heterocycles. The van der Waals surface area contributed by atoms with Gasteiger partial charge in [0.15, 0.2) is 5.82 Å². The zero-order chi connectivity index (χ0) is 20.0. The molecular weight excluding hydrogens is 378 g/mol. The van der Waals surface area contributed by atoms with Gasteiger partial charge in [0.25, 0.3) is 0 Å². The van der Waals surface area contributed by atoms with Crippen LogP contribution in [-0.4, -0.2) is 31.8 Å². The van der Waals surface area contributed by atoms with E-state index in [1.165, 1.54) is 6.07 Å². The van der Waals surface area contributed by atoms with E-state index in [1.54, 1.807) is 6.92 Å². The molecule has 1 aromatic heterocycles. The number of hydrogen-bond acceptors (Lipinski definition) is 5. The Labute approximate surface area is 163 Å². The van der Waals surface area contributed by atoms with Crippen molar-refractivity contribution in [2.45, 2.75) is 12.8 Å². The van der Waals surface area contributed by atoms with Crippen LogP contribution in [0.1, 0.15) is 22.8 Å². The van der Waals surface area contributed by atoms with Gasteiger partial charge in [0.2, 0.25) is 15.9 Å². The molecule has 146 valence electrons. The fraction of sp³-hybridized carbons (Fsp3) is 0.200. The topological polar surface area (TPSA) is 101 Å². The zero-order valence-electron chi connectivity index (χ0n) is 15.3. The Balaban J connectivity index is 1.66. The summed E-state index contributed by atoms with van der Waals surface area (Å²) in [6.45, 7) is 1.64. The number of hydrogen-bond donors (Lipinski definition) is 2. The molecule has 8 heteroatoms. The molecule has 0 radical (unpaired) electrons. The molecule has 0 bridgehead atoms. The molecule has 0 aliphatic rings. The number of amides is 1. The Kier molecular flexibility index (Phi) is 6.10. The lowest BCUT2D eigenvalue weighted by atomic mass is 9.90. The van der Waals surface area contributed by atoms with Crippen LogP contribution in [0, 0.1) is 6.92 Å². The number of anilines is 1. The molecule has 28 heavy (non-hydrogen) atoms. The van der Waals surface area contributed by atoms with Crippen LogP contribution in [0.25, 0.3) is 0 Å². The average Bonchev–Trinajstić information content (AvgIpc) is 3.07. The number of carbonyl (C=O) groups is 1. The lowest BCUT2D eigenvalue weighted by Crippen LogP contribution is -2.35. The minimum Gasteiger partial charge on any atom is -0.360 e. The van der Waals surface area contributed by atoms with E-state index in [0.29, 0.717) is 5.76 Å². The van der Waals surface area contributed by atoms with Crippen LogP contribution >= 0.6 is 0 Å². The summed E-state index contributed by atoms with van der Waals surface area (Å²) in [6.07, 6.45) is 0. The molecule has 2 N–H and O–H groups in total. The highest BCUT2D eigenvalue weighted by molar-refractivity contribution is 7.92. The van der Waals surface area contributed by atoms with Gasteiger partial charge in [-0.2, -0.15) is 0 Å². The largest absolute Gasteiger partial charge is 0.360 e. The fourth-order valence-electron chi connectivity index (χ4n) is 2.82. The highest BCUT2D eigenvalue weighted by Crippen LogP contribution is 2.24. The van der Waals surface area contributed by atoms with Crippen molar-refractivity contribution in [2.75, 3.05) is 17.0 Å². The van der Waals surface area contributed by atoms with Gasteiger partial charge in [0.1, 0.15) is 5.76 Å². The third-order valence-corrected chi connectivity index (χ3v) is 5.35. The molecule has 0 atom stereocenters. The zero-order valence-corrected chi connectivity index (χ0v) is 16.1. The van der Waals surface area contributed by atoms with Crippen molar-refractivity contribution in [2.24, 2.45) is 0 Å². The van der Waals surface area contributed by atoms with Crippen LogP contribution in [0.2, 0.25) is 0 Å². The van der Waals surface area contributed by atoms with Crippen LogP contribution in [0.5, 0.6) is 0 Å². The van der Waals surface area contributed by atoms with Crippen LogP contribution in [0.4, 0.5) is 5.82 Å². The highest BCUT2D eigenvalue weighted by atomic mass is 32.2. The molecule has 7 nitrogen and oxygen atoms in total. The molecule has 1 amide bonds. The maximum Gasteiger partial charge on any atom is 0.235 e. The van der Waals surface area contributed by atoms with E-state index in [-0.39, 0.29) is 24.0 Å². The van der Waals surface area contributed by atoms with Gasteiger partial charge in [-0.25, -0.2) is 8.42 Å². The first-order valence-corrected chi connectivity index (χ1v) is 10.4. The summed E-state index contributed by atoms with van der Waals surface area (Å²) >= 11 is 0. The number of rotatable bonds is 8. The summed E-state index contributed by atoms with van der Waals surface area (Å²) in [4.78, 5) is 12.8. The van der Waals surface area contributed by atoms with Crippen molar-refractivity contribution in [1.82, 2.24) is 10.5 Å². The Hall–Kier alpha value is -3.13. The number of nitrogens with zero attached hydrogens (tertiary/aromatic N) is 1. The summed E-state index contributed by atoms with van der Waals surface area (Å²) in [7, 11) is -3.66. The van der Waals surface area contributed by atoms with Gasteiger partial charge < -0.3 is 9.84 Å². The van der Waals surface area contributed by atoms with Gasteiger partial charge in [-0.3, -0.25) is 9.52 Å². The molecule has 0 saturated carbocycles. The number of aromatic nitrogens is 1. The van der Waals surface area contributed by atoms with Crippen molar-refractivity contribution in [3.8, 4) is 0 Å². The Bertz CT molecular complexity index is 978. The van der Waals surface area contributed by atoms with E-state index >= 15 is 0 Å². The van der Waals surface area contributed by atoms with E-state index in [0.717, 1.165) is 11.1 Å². The average molecular weight is 399 g/mol. The van der Waals surface area contributed by atoms with Crippen molar-refractivity contribution in [3.63, 3.8) is 0 Å². The molecular formula is C20H21N3O4S. The van der Waals surface area contributed by atoms with Crippen LogP contribution < -0.4 is 10.0 Å². The maximum absolute atomic E-state index is 12.8. The number of sulfonamides is 1. The second-order valence-corrected chi connectivity index (χ2v) is 8.13. The summed E-state index contributed by atoms with van der Waals surface area (Å²) in [6, 6.07) is 20.2. The van der Waals surface area contributed by atoms with E-state index in [4.69, 9.17) is 4.52 Å². The molecule has 3 aromatic rings. The first-order chi connectivity index (χ1) is 13.4. The fourth-order valence-corrected chi connectivity index (χ4v) is 3.71. The first kappa shape index (κ1) is 19.6. The summed E-state index contributed by atoms with van der Waals surface area (Å²) < 4.78 is 31.5. The van der Waals surface area contributed by atoms with Crippen molar-refractivity contribution in [3.05, 3.63) is 83.6 Å². The number of carbonyl (C=O) groups excluding carboxylic acids is 1. The highest BCUT2D eigenvalue weighted by Gasteiger charge is 2.23. The van der Waals surface area contributed by atoms with Crippen LogP contribution in [0.3, 0.4) is 0 Å². The molecule has 2 aromatic carbocycles. The van der Waals surface area contributed by atoms with E-state index in [1.807, 2.05) is 60.7 Å². The summed E-state index contributed by atoms with van der Waals surface area (Å²) in [5.74, 6) is -0.433. The Morgan fingerprint density at radius 3 is 2.11 bits per heavy atom. The third-order valence-electron chi connectivity index (χ3n) is 4.09. The monoisotopic (exact) mass is 399 g/mol. The van der Waals surface area contributed by atoms with Crippen LogP contribution in [-0.2, 0) is 14.8 Å². The Morgan fingerprint density at radius 2 is 1.61 bits per heavy atom. The number of aryl methyl sites for hydroxylation is 1. The molecule has 0 unspecified atom stereocenters. The van der Waals surface area contributed by atoms with Gasteiger partial charge in [-0.1, -0.05) is 65.8 Å². The smallest absolute Gasteiger partial charge is 0.235 e. The molecule has 0 fully saturated rings. The number of benzene rings is 2. The summed E-state index contributed by atoms with van der Waals surface area (Å²) in [5.41, 5.74) is 1.68. The van der Waals surface area contributed by atoms with Gasteiger partial charge in [-0.15, -0.1) is 0 Å². The molecule has 0 aliphatic carbocycles. The van der Waals surface area contributed by atoms with Gasteiger partial charge in [0.05, 0.1) is 11.7 Å². The minimum atomic E-state index is -3.66. The SMILES string of the molecule is Cc1cc(NS(=O)(=O)CCNC(=O)C(c2ccccc2)c2ccccc2)no1. The van der Waals surface area contributed by atoms with Crippen molar-refractivity contribution < 1.29 is 17.7 Å². The third kappa shape index (κ3) is 5.20. The van der Waals surface area contributed by atoms with E-state index < -0.39 is 15.9 Å². The van der Waals surface area contributed by atoms with E-state index in [2.05, 4.69) is 15.2 Å². The van der Waals surface area contributed by atoms with Crippen molar-refractivity contribution in [1.29, 1.82) is 0 Å². The maximum atomic E-state index is 12.8. The minimum absolute atomic E-state index is 0.0266. The lowest BCUT2D eigenvalue weighted by Gasteiger charge is -2.18. The standard InChI is InChI=1S/C20H21N3O4S/c1-15-14-18(22-27-15)23-28(25,26)13-12-21-20(24)19(16-8-4-2-5-9-16)17-10-6-3-7-11-17/h2-11,14,19H,12-13H2,1H3,(H,21,24)(H,22,23). The Morgan fingerprint density at radius 1 is 1.04 bits per heavy atom. The van der Waals surface area contributed by atoms with Gasteiger partial charge in [0, 0.05) is 12.6 Å². The predicted molar refractivity (Wildman–Crippen MR) is 106 cm³/mol. The molecule has 3 rings (SSSR count). The second kappa shape index (κ2) is 8.71. The normalized spacial score (nSPS) is 11.4. The molecule has 0 spiro atoms.